The Morgan fingerprint density at radius 2 is 1.93 bits per heavy atom. The van der Waals surface area contributed by atoms with Crippen molar-refractivity contribution >= 4 is 0 Å². The minimum Gasteiger partial charge on any atom is -0.261 e. The molecule has 1 heterocycles. The summed E-state index contributed by atoms with van der Waals surface area (Å²) in [6.45, 7) is 6.70. The van der Waals surface area contributed by atoms with Gasteiger partial charge in [0.1, 0.15) is 0 Å². The second-order valence-corrected chi connectivity index (χ2v) is 4.62. The van der Waals surface area contributed by atoms with Crippen LogP contribution in [0.1, 0.15) is 55.0 Å². The number of pyridine rings is 1. The Balaban J connectivity index is 2.55. The largest absolute Gasteiger partial charge is 0.261 e. The van der Waals surface area contributed by atoms with Crippen LogP contribution in [0.25, 0.3) is 0 Å². The van der Waals surface area contributed by atoms with Gasteiger partial charge in [0.15, 0.2) is 0 Å². The highest BCUT2D eigenvalue weighted by molar-refractivity contribution is 5.39. The van der Waals surface area contributed by atoms with Gasteiger partial charge in [-0.3, -0.25) is 4.98 Å². The van der Waals surface area contributed by atoms with E-state index in [1.807, 2.05) is 0 Å². The first-order valence-corrected chi connectivity index (χ1v) is 5.67. The third-order valence-electron chi connectivity index (χ3n) is 3.22. The summed E-state index contributed by atoms with van der Waals surface area (Å²) in [5.74, 6) is 0.621. The highest BCUT2D eigenvalue weighted by Gasteiger charge is 2.17. The van der Waals surface area contributed by atoms with Crippen molar-refractivity contribution in [1.82, 2.24) is 4.98 Å². The number of nitrogens with zero attached hydrogens (tertiary/aromatic N) is 1. The summed E-state index contributed by atoms with van der Waals surface area (Å²) in [5, 5.41) is 0. The summed E-state index contributed by atoms with van der Waals surface area (Å²) in [6, 6.07) is 0. The Kier molecular flexibility index (Phi) is 2.58. The lowest BCUT2D eigenvalue weighted by Crippen LogP contribution is -2.10. The van der Waals surface area contributed by atoms with Crippen LogP contribution in [0.3, 0.4) is 0 Å². The van der Waals surface area contributed by atoms with Gasteiger partial charge in [-0.15, -0.1) is 0 Å². The molecule has 0 fully saturated rings. The van der Waals surface area contributed by atoms with Gasteiger partial charge in [0.25, 0.3) is 0 Å². The number of aryl methyl sites for hydroxylation is 2. The quantitative estimate of drug-likeness (QED) is 0.660. The summed E-state index contributed by atoms with van der Waals surface area (Å²) in [6.07, 6.45) is 7.30. The van der Waals surface area contributed by atoms with E-state index >= 15 is 0 Å². The lowest BCUT2D eigenvalue weighted by atomic mass is 9.85. The standard InChI is InChI=1S/C13H19N/c1-9(2)13-10(3)14-8-11-6-4-5-7-12(11)13/h8-9H,4-7H2,1-3H3. The molecule has 0 saturated carbocycles. The minimum absolute atomic E-state index is 0.621. The second-order valence-electron chi connectivity index (χ2n) is 4.62. The first kappa shape index (κ1) is 9.70. The number of hydrogen-bond donors (Lipinski definition) is 0. The third kappa shape index (κ3) is 1.56. The zero-order valence-electron chi connectivity index (χ0n) is 9.43. The molecule has 14 heavy (non-hydrogen) atoms. The van der Waals surface area contributed by atoms with E-state index in [9.17, 15) is 0 Å². The Morgan fingerprint density at radius 1 is 1.21 bits per heavy atom. The van der Waals surface area contributed by atoms with E-state index in [2.05, 4.69) is 32.0 Å². The first-order valence-electron chi connectivity index (χ1n) is 5.67. The molecule has 1 nitrogen and oxygen atoms in total. The van der Waals surface area contributed by atoms with Crippen LogP contribution in [0.4, 0.5) is 0 Å². The van der Waals surface area contributed by atoms with Gasteiger partial charge in [0.05, 0.1) is 0 Å². The van der Waals surface area contributed by atoms with E-state index in [0.29, 0.717) is 5.92 Å². The van der Waals surface area contributed by atoms with Crippen LogP contribution in [-0.4, -0.2) is 4.98 Å². The predicted molar refractivity (Wildman–Crippen MR) is 59.7 cm³/mol. The van der Waals surface area contributed by atoms with Gasteiger partial charge in [0.2, 0.25) is 0 Å². The number of rotatable bonds is 1. The highest BCUT2D eigenvalue weighted by Crippen LogP contribution is 2.30. The van der Waals surface area contributed by atoms with Gasteiger partial charge in [-0.05, 0) is 55.2 Å². The number of fused-ring (bicyclic) bond motifs is 1. The van der Waals surface area contributed by atoms with Gasteiger partial charge < -0.3 is 0 Å². The van der Waals surface area contributed by atoms with Gasteiger partial charge in [0, 0.05) is 11.9 Å². The third-order valence-corrected chi connectivity index (χ3v) is 3.22. The molecule has 0 atom stereocenters. The Labute approximate surface area is 86.6 Å². The SMILES string of the molecule is Cc1ncc2c(c1C(C)C)CCCC2. The van der Waals surface area contributed by atoms with Crippen LogP contribution in [-0.2, 0) is 12.8 Å². The average molecular weight is 189 g/mol. The Bertz CT molecular complexity index is 339. The van der Waals surface area contributed by atoms with Crippen molar-refractivity contribution in [2.75, 3.05) is 0 Å². The maximum absolute atomic E-state index is 4.51. The maximum atomic E-state index is 4.51. The molecule has 0 spiro atoms. The molecular weight excluding hydrogens is 170 g/mol. The molecule has 76 valence electrons. The topological polar surface area (TPSA) is 12.9 Å². The van der Waals surface area contributed by atoms with Gasteiger partial charge in [-0.1, -0.05) is 13.8 Å². The van der Waals surface area contributed by atoms with Crippen LogP contribution in [0.5, 0.6) is 0 Å². The van der Waals surface area contributed by atoms with Gasteiger partial charge in [-0.2, -0.15) is 0 Å². The fraction of sp³-hybridized carbons (Fsp3) is 0.615. The molecular formula is C13H19N. The number of aromatic nitrogens is 1. The highest BCUT2D eigenvalue weighted by atomic mass is 14.7. The molecule has 1 heteroatoms. The zero-order valence-corrected chi connectivity index (χ0v) is 9.43. The van der Waals surface area contributed by atoms with E-state index in [-0.39, 0.29) is 0 Å². The fourth-order valence-electron chi connectivity index (χ4n) is 2.61. The fourth-order valence-corrected chi connectivity index (χ4v) is 2.61. The summed E-state index contributed by atoms with van der Waals surface area (Å²) >= 11 is 0. The molecule has 1 aliphatic rings. The van der Waals surface area contributed by atoms with E-state index < -0.39 is 0 Å². The summed E-state index contributed by atoms with van der Waals surface area (Å²) in [4.78, 5) is 4.51. The predicted octanol–water partition coefficient (Wildman–Crippen LogP) is 3.39. The average Bonchev–Trinajstić information content (AvgIpc) is 2.17. The Hall–Kier alpha value is -0.850. The van der Waals surface area contributed by atoms with Crippen molar-refractivity contribution < 1.29 is 0 Å². The molecule has 0 bridgehead atoms. The summed E-state index contributed by atoms with van der Waals surface area (Å²) in [7, 11) is 0. The molecule has 0 saturated heterocycles. The van der Waals surface area contributed by atoms with Crippen LogP contribution in [0, 0.1) is 6.92 Å². The molecule has 0 aromatic carbocycles. The van der Waals surface area contributed by atoms with Crippen LogP contribution in [0.2, 0.25) is 0 Å². The van der Waals surface area contributed by atoms with Crippen molar-refractivity contribution in [3.63, 3.8) is 0 Å². The molecule has 0 aliphatic heterocycles. The smallest absolute Gasteiger partial charge is 0.0410 e. The van der Waals surface area contributed by atoms with Crippen LogP contribution < -0.4 is 0 Å². The molecule has 2 rings (SSSR count). The number of hydrogen-bond acceptors (Lipinski definition) is 1. The lowest BCUT2D eigenvalue weighted by Gasteiger charge is -2.22. The normalized spacial score (nSPS) is 15.7. The van der Waals surface area contributed by atoms with Crippen molar-refractivity contribution in [1.29, 1.82) is 0 Å². The maximum Gasteiger partial charge on any atom is 0.0410 e. The van der Waals surface area contributed by atoms with Gasteiger partial charge in [-0.25, -0.2) is 0 Å². The summed E-state index contributed by atoms with van der Waals surface area (Å²) in [5.41, 5.74) is 5.87. The molecule has 0 amide bonds. The first-order chi connectivity index (χ1) is 6.70. The van der Waals surface area contributed by atoms with E-state index in [1.165, 1.54) is 42.5 Å². The molecule has 0 radical (unpaired) electrons. The van der Waals surface area contributed by atoms with Gasteiger partial charge >= 0.3 is 0 Å². The monoisotopic (exact) mass is 189 g/mol. The van der Waals surface area contributed by atoms with Crippen molar-refractivity contribution in [2.24, 2.45) is 0 Å². The van der Waals surface area contributed by atoms with Crippen LogP contribution >= 0.6 is 0 Å². The molecule has 0 N–H and O–H groups in total. The van der Waals surface area contributed by atoms with Crippen molar-refractivity contribution in [3.05, 3.63) is 28.6 Å². The molecule has 1 aliphatic carbocycles. The Morgan fingerprint density at radius 3 is 2.64 bits per heavy atom. The molecule has 1 aromatic rings. The van der Waals surface area contributed by atoms with Crippen LogP contribution in [0.15, 0.2) is 6.20 Å². The van der Waals surface area contributed by atoms with Crippen molar-refractivity contribution in [2.45, 2.75) is 52.4 Å². The summed E-state index contributed by atoms with van der Waals surface area (Å²) < 4.78 is 0. The zero-order chi connectivity index (χ0) is 10.1. The minimum atomic E-state index is 0.621. The lowest BCUT2D eigenvalue weighted by molar-refractivity contribution is 0.662. The van der Waals surface area contributed by atoms with E-state index in [4.69, 9.17) is 0 Å². The molecule has 0 unspecified atom stereocenters. The van der Waals surface area contributed by atoms with E-state index in [1.54, 1.807) is 5.56 Å². The van der Waals surface area contributed by atoms with Crippen molar-refractivity contribution in [3.8, 4) is 0 Å². The van der Waals surface area contributed by atoms with E-state index in [0.717, 1.165) is 0 Å². The molecule has 1 aromatic heterocycles. The second kappa shape index (κ2) is 3.72.